The summed E-state index contributed by atoms with van der Waals surface area (Å²) in [4.78, 5) is 15.2. The van der Waals surface area contributed by atoms with E-state index in [1.807, 2.05) is 30.3 Å². The summed E-state index contributed by atoms with van der Waals surface area (Å²) in [7, 11) is 0. The SMILES string of the molecule is O=C1C(c2ccccc2Cl)=C[C@H]2CN(Cc3ccccc3)C[C@@H]12. The molecule has 2 aromatic rings. The van der Waals surface area contributed by atoms with Crippen molar-refractivity contribution in [3.63, 3.8) is 0 Å². The maximum absolute atomic E-state index is 12.8. The maximum atomic E-state index is 12.8. The van der Waals surface area contributed by atoms with Gasteiger partial charge < -0.3 is 0 Å². The molecular formula is C20H18ClNO. The summed E-state index contributed by atoms with van der Waals surface area (Å²) < 4.78 is 0. The van der Waals surface area contributed by atoms with Crippen molar-refractivity contribution >= 4 is 23.0 Å². The minimum atomic E-state index is 0.0879. The molecule has 0 aromatic heterocycles. The van der Waals surface area contributed by atoms with Crippen LogP contribution in [0.25, 0.3) is 5.57 Å². The van der Waals surface area contributed by atoms with Gasteiger partial charge in [-0.3, -0.25) is 9.69 Å². The van der Waals surface area contributed by atoms with Crippen LogP contribution in [-0.4, -0.2) is 23.8 Å². The number of likely N-dealkylation sites (tertiary alicyclic amines) is 1. The monoisotopic (exact) mass is 323 g/mol. The van der Waals surface area contributed by atoms with Crippen molar-refractivity contribution in [2.24, 2.45) is 11.8 Å². The molecule has 1 aliphatic carbocycles. The highest BCUT2D eigenvalue weighted by atomic mass is 35.5. The summed E-state index contributed by atoms with van der Waals surface area (Å²) in [5, 5.41) is 0.660. The Kier molecular flexibility index (Phi) is 3.80. The Morgan fingerprint density at radius 1 is 1.00 bits per heavy atom. The van der Waals surface area contributed by atoms with E-state index in [0.29, 0.717) is 10.9 Å². The number of fused-ring (bicyclic) bond motifs is 1. The summed E-state index contributed by atoms with van der Waals surface area (Å²) in [5.74, 6) is 0.654. The van der Waals surface area contributed by atoms with Gasteiger partial charge in [-0.1, -0.05) is 66.2 Å². The van der Waals surface area contributed by atoms with Gasteiger partial charge in [0.1, 0.15) is 0 Å². The number of carbonyl (C=O) groups excluding carboxylic acids is 1. The van der Waals surface area contributed by atoms with Crippen LogP contribution >= 0.6 is 11.6 Å². The van der Waals surface area contributed by atoms with Crippen LogP contribution in [0.2, 0.25) is 5.02 Å². The van der Waals surface area contributed by atoms with Gasteiger partial charge in [0.15, 0.2) is 5.78 Å². The number of carbonyl (C=O) groups is 1. The molecule has 0 bridgehead atoms. The van der Waals surface area contributed by atoms with E-state index in [2.05, 4.69) is 35.2 Å². The highest BCUT2D eigenvalue weighted by Gasteiger charge is 2.42. The summed E-state index contributed by atoms with van der Waals surface area (Å²) in [5.41, 5.74) is 2.99. The van der Waals surface area contributed by atoms with Crippen LogP contribution in [0.3, 0.4) is 0 Å². The highest BCUT2D eigenvalue weighted by molar-refractivity contribution is 6.35. The first kappa shape index (κ1) is 14.7. The van der Waals surface area contributed by atoms with E-state index in [-0.39, 0.29) is 11.7 Å². The van der Waals surface area contributed by atoms with Crippen molar-refractivity contribution in [2.75, 3.05) is 13.1 Å². The van der Waals surface area contributed by atoms with Crippen molar-refractivity contribution in [1.82, 2.24) is 4.90 Å². The van der Waals surface area contributed by atoms with Crippen LogP contribution in [0.4, 0.5) is 0 Å². The molecule has 1 heterocycles. The second-order valence-corrected chi connectivity index (χ2v) is 6.78. The minimum absolute atomic E-state index is 0.0879. The van der Waals surface area contributed by atoms with Crippen molar-refractivity contribution in [3.05, 3.63) is 76.8 Å². The number of allylic oxidation sites excluding steroid dienone is 1. The zero-order valence-electron chi connectivity index (χ0n) is 12.8. The molecule has 0 saturated carbocycles. The maximum Gasteiger partial charge on any atom is 0.168 e. The molecule has 0 radical (unpaired) electrons. The Morgan fingerprint density at radius 3 is 2.48 bits per heavy atom. The molecule has 116 valence electrons. The molecule has 2 aliphatic rings. The Hall–Kier alpha value is -1.90. The molecule has 2 aromatic carbocycles. The van der Waals surface area contributed by atoms with E-state index in [1.54, 1.807) is 0 Å². The summed E-state index contributed by atoms with van der Waals surface area (Å²) >= 11 is 6.26. The van der Waals surface area contributed by atoms with Crippen molar-refractivity contribution in [2.45, 2.75) is 6.54 Å². The molecule has 0 unspecified atom stereocenters. The van der Waals surface area contributed by atoms with Crippen molar-refractivity contribution < 1.29 is 4.79 Å². The van der Waals surface area contributed by atoms with E-state index in [1.165, 1.54) is 5.56 Å². The standard InChI is InChI=1S/C20H18ClNO/c21-19-9-5-4-8-16(19)17-10-15-12-22(13-18(15)20(17)23)11-14-6-2-1-3-7-14/h1-10,15,18H,11-13H2/t15-,18+/m0/s1. The van der Waals surface area contributed by atoms with Gasteiger partial charge in [0.2, 0.25) is 0 Å². The van der Waals surface area contributed by atoms with E-state index < -0.39 is 0 Å². The average Bonchev–Trinajstić information content (AvgIpc) is 3.08. The van der Waals surface area contributed by atoms with Gasteiger partial charge >= 0.3 is 0 Å². The Labute approximate surface area is 141 Å². The van der Waals surface area contributed by atoms with Gasteiger partial charge in [-0.2, -0.15) is 0 Å². The Morgan fingerprint density at radius 2 is 1.74 bits per heavy atom. The zero-order valence-corrected chi connectivity index (χ0v) is 13.5. The molecule has 3 heteroatoms. The summed E-state index contributed by atoms with van der Waals surface area (Å²) in [6.07, 6.45) is 2.14. The lowest BCUT2D eigenvalue weighted by Gasteiger charge is -2.16. The van der Waals surface area contributed by atoms with Gasteiger partial charge in [-0.25, -0.2) is 0 Å². The highest BCUT2D eigenvalue weighted by Crippen LogP contribution is 2.40. The van der Waals surface area contributed by atoms with Crippen LogP contribution < -0.4 is 0 Å². The Bertz CT molecular complexity index is 768. The van der Waals surface area contributed by atoms with Gasteiger partial charge in [-0.05, 0) is 11.6 Å². The number of rotatable bonds is 3. The molecule has 0 N–H and O–H groups in total. The third kappa shape index (κ3) is 2.73. The summed E-state index contributed by atoms with van der Waals surface area (Å²) in [6.45, 7) is 2.69. The number of hydrogen-bond acceptors (Lipinski definition) is 2. The Balaban J connectivity index is 1.52. The molecular weight excluding hydrogens is 306 g/mol. The van der Waals surface area contributed by atoms with Gasteiger partial charge in [0.05, 0.1) is 0 Å². The average molecular weight is 324 g/mol. The van der Waals surface area contributed by atoms with E-state index >= 15 is 0 Å². The van der Waals surface area contributed by atoms with Gasteiger partial charge in [0.25, 0.3) is 0 Å². The summed E-state index contributed by atoms with van der Waals surface area (Å²) in [6, 6.07) is 18.1. The van der Waals surface area contributed by atoms with Crippen LogP contribution in [-0.2, 0) is 11.3 Å². The largest absolute Gasteiger partial charge is 0.298 e. The topological polar surface area (TPSA) is 20.3 Å². The van der Waals surface area contributed by atoms with Crippen LogP contribution in [0.1, 0.15) is 11.1 Å². The van der Waals surface area contributed by atoms with Crippen LogP contribution in [0.5, 0.6) is 0 Å². The third-order valence-electron chi connectivity index (χ3n) is 4.84. The lowest BCUT2D eigenvalue weighted by atomic mass is 9.97. The zero-order chi connectivity index (χ0) is 15.8. The molecule has 2 atom stereocenters. The number of nitrogens with zero attached hydrogens (tertiary/aromatic N) is 1. The first-order chi connectivity index (χ1) is 11.2. The molecule has 1 saturated heterocycles. The smallest absolute Gasteiger partial charge is 0.168 e. The number of ketones is 1. The molecule has 0 amide bonds. The van der Waals surface area contributed by atoms with Gasteiger partial charge in [0, 0.05) is 47.6 Å². The number of benzene rings is 2. The number of hydrogen-bond donors (Lipinski definition) is 0. The van der Waals surface area contributed by atoms with E-state index in [0.717, 1.165) is 30.8 Å². The lowest BCUT2D eigenvalue weighted by Crippen LogP contribution is -2.23. The minimum Gasteiger partial charge on any atom is -0.298 e. The fourth-order valence-electron chi connectivity index (χ4n) is 3.73. The first-order valence-electron chi connectivity index (χ1n) is 7.99. The second kappa shape index (κ2) is 5.95. The number of halogens is 1. The molecule has 1 aliphatic heterocycles. The second-order valence-electron chi connectivity index (χ2n) is 6.37. The fourth-order valence-corrected chi connectivity index (χ4v) is 3.97. The molecule has 0 spiro atoms. The fraction of sp³-hybridized carbons (Fsp3) is 0.250. The van der Waals surface area contributed by atoms with Gasteiger partial charge in [-0.15, -0.1) is 0 Å². The number of Topliss-reactive ketones (excluding diaryl/α,β-unsaturated/α-hetero) is 1. The van der Waals surface area contributed by atoms with Crippen LogP contribution in [0, 0.1) is 11.8 Å². The molecule has 1 fully saturated rings. The quantitative estimate of drug-likeness (QED) is 0.849. The first-order valence-corrected chi connectivity index (χ1v) is 8.37. The van der Waals surface area contributed by atoms with E-state index in [9.17, 15) is 4.79 Å². The predicted molar refractivity (Wildman–Crippen MR) is 93.1 cm³/mol. The van der Waals surface area contributed by atoms with Crippen molar-refractivity contribution in [1.29, 1.82) is 0 Å². The molecule has 23 heavy (non-hydrogen) atoms. The lowest BCUT2D eigenvalue weighted by molar-refractivity contribution is -0.116. The van der Waals surface area contributed by atoms with Crippen LogP contribution in [0.15, 0.2) is 60.7 Å². The normalized spacial score (nSPS) is 23.9. The third-order valence-corrected chi connectivity index (χ3v) is 5.17. The van der Waals surface area contributed by atoms with Crippen molar-refractivity contribution in [3.8, 4) is 0 Å². The molecule has 4 rings (SSSR count). The molecule has 2 nitrogen and oxygen atoms in total. The predicted octanol–water partition coefficient (Wildman–Crippen LogP) is 4.05. The van der Waals surface area contributed by atoms with E-state index in [4.69, 9.17) is 11.6 Å².